The van der Waals surface area contributed by atoms with Crippen LogP contribution < -0.4 is 10.9 Å². The molecule has 1 aliphatic carbocycles. The summed E-state index contributed by atoms with van der Waals surface area (Å²) in [6.07, 6.45) is 5.23. The van der Waals surface area contributed by atoms with Gasteiger partial charge in [0.2, 0.25) is 5.91 Å². The van der Waals surface area contributed by atoms with Gasteiger partial charge in [-0.1, -0.05) is 0 Å². The molecule has 6 nitrogen and oxygen atoms in total. The maximum absolute atomic E-state index is 12.2. The molecule has 0 bridgehead atoms. The summed E-state index contributed by atoms with van der Waals surface area (Å²) in [6, 6.07) is 1.83. The van der Waals surface area contributed by atoms with Crippen LogP contribution >= 0.6 is 0 Å². The van der Waals surface area contributed by atoms with Gasteiger partial charge in [-0.3, -0.25) is 14.5 Å². The van der Waals surface area contributed by atoms with E-state index in [2.05, 4.69) is 15.3 Å². The van der Waals surface area contributed by atoms with Gasteiger partial charge in [-0.2, -0.15) is 5.10 Å². The standard InChI is InChI=1S/C16H22N4O2/c21-15-7-12-3-1-2-4-13(12)18-20(15)10-11-8-19(9-11)14-5-6-17-16(14)22/h7,11,14H,1-6,8-10H2,(H,17,22). The molecule has 118 valence electrons. The van der Waals surface area contributed by atoms with Gasteiger partial charge in [0.25, 0.3) is 5.56 Å². The van der Waals surface area contributed by atoms with E-state index in [1.807, 2.05) is 0 Å². The molecule has 1 amide bonds. The van der Waals surface area contributed by atoms with Crippen LogP contribution in [0.4, 0.5) is 0 Å². The summed E-state index contributed by atoms with van der Waals surface area (Å²) in [5.74, 6) is 0.586. The number of amides is 1. The highest BCUT2D eigenvalue weighted by atomic mass is 16.2. The number of carbonyl (C=O) groups excluding carboxylic acids is 1. The van der Waals surface area contributed by atoms with Crippen LogP contribution in [0.15, 0.2) is 10.9 Å². The number of carbonyl (C=O) groups is 1. The molecule has 1 aromatic rings. The minimum absolute atomic E-state index is 0.0257. The highest BCUT2D eigenvalue weighted by Gasteiger charge is 2.38. The lowest BCUT2D eigenvalue weighted by molar-refractivity contribution is -0.126. The maximum Gasteiger partial charge on any atom is 0.267 e. The summed E-state index contributed by atoms with van der Waals surface area (Å²) in [7, 11) is 0. The fraction of sp³-hybridized carbons (Fsp3) is 0.688. The third-order valence-electron chi connectivity index (χ3n) is 5.15. The van der Waals surface area contributed by atoms with Crippen LogP contribution in [0.1, 0.15) is 30.5 Å². The van der Waals surface area contributed by atoms with Crippen molar-refractivity contribution in [2.24, 2.45) is 5.92 Å². The molecular formula is C16H22N4O2. The van der Waals surface area contributed by atoms with E-state index >= 15 is 0 Å². The van der Waals surface area contributed by atoms with Crippen molar-refractivity contribution in [3.63, 3.8) is 0 Å². The van der Waals surface area contributed by atoms with Gasteiger partial charge in [0.1, 0.15) is 0 Å². The van der Waals surface area contributed by atoms with Crippen molar-refractivity contribution in [3.05, 3.63) is 27.7 Å². The highest BCUT2D eigenvalue weighted by molar-refractivity contribution is 5.83. The summed E-state index contributed by atoms with van der Waals surface area (Å²) < 4.78 is 1.64. The fourth-order valence-corrected chi connectivity index (χ4v) is 3.89. The van der Waals surface area contributed by atoms with Gasteiger partial charge >= 0.3 is 0 Å². The molecule has 0 spiro atoms. The fourth-order valence-electron chi connectivity index (χ4n) is 3.89. The van der Waals surface area contributed by atoms with Crippen molar-refractivity contribution in [1.29, 1.82) is 0 Å². The topological polar surface area (TPSA) is 67.2 Å². The van der Waals surface area contributed by atoms with Crippen molar-refractivity contribution >= 4 is 5.91 Å². The zero-order valence-electron chi connectivity index (χ0n) is 12.8. The SMILES string of the molecule is O=C1NCCC1N1CC(Cn2nc3c(cc2=O)CCCC3)C1. The third kappa shape index (κ3) is 2.45. The Balaban J connectivity index is 1.40. The Hall–Kier alpha value is -1.69. The van der Waals surface area contributed by atoms with Gasteiger partial charge in [0.15, 0.2) is 0 Å². The second-order valence-corrected chi connectivity index (χ2v) is 6.76. The molecule has 3 aliphatic rings. The smallest absolute Gasteiger partial charge is 0.267 e. The van der Waals surface area contributed by atoms with E-state index in [0.29, 0.717) is 12.5 Å². The number of fused-ring (bicyclic) bond motifs is 1. The largest absolute Gasteiger partial charge is 0.355 e. The Morgan fingerprint density at radius 3 is 2.82 bits per heavy atom. The molecule has 0 radical (unpaired) electrons. The summed E-state index contributed by atoms with van der Waals surface area (Å²) in [6.45, 7) is 3.25. The molecule has 0 saturated carbocycles. The molecule has 1 atom stereocenters. The second kappa shape index (κ2) is 5.50. The Kier molecular flexibility index (Phi) is 3.48. The molecular weight excluding hydrogens is 280 g/mol. The first-order valence-corrected chi connectivity index (χ1v) is 8.32. The molecule has 3 heterocycles. The highest BCUT2D eigenvalue weighted by Crippen LogP contribution is 2.23. The number of nitrogens with zero attached hydrogens (tertiary/aromatic N) is 3. The summed E-state index contributed by atoms with van der Waals surface area (Å²) in [4.78, 5) is 26.1. The molecule has 2 saturated heterocycles. The predicted octanol–water partition coefficient (Wildman–Crippen LogP) is -0.0576. The van der Waals surface area contributed by atoms with Crippen LogP contribution in [-0.2, 0) is 24.2 Å². The van der Waals surface area contributed by atoms with Crippen LogP contribution in [0, 0.1) is 5.92 Å². The first-order valence-electron chi connectivity index (χ1n) is 8.32. The lowest BCUT2D eigenvalue weighted by atomic mass is 9.96. The molecule has 1 N–H and O–H groups in total. The molecule has 4 rings (SSSR count). The number of rotatable bonds is 3. The Bertz CT molecular complexity index is 648. The molecule has 2 aliphatic heterocycles. The van der Waals surface area contributed by atoms with E-state index in [0.717, 1.165) is 50.2 Å². The summed E-state index contributed by atoms with van der Waals surface area (Å²) in [5.41, 5.74) is 2.28. The zero-order valence-corrected chi connectivity index (χ0v) is 12.8. The molecule has 22 heavy (non-hydrogen) atoms. The van der Waals surface area contributed by atoms with Crippen molar-refractivity contribution in [2.45, 2.75) is 44.7 Å². The quantitative estimate of drug-likeness (QED) is 0.849. The number of hydrogen-bond donors (Lipinski definition) is 1. The summed E-state index contributed by atoms with van der Waals surface area (Å²) >= 11 is 0. The van der Waals surface area contributed by atoms with Gasteiger partial charge in [0, 0.05) is 31.6 Å². The molecule has 1 aromatic heterocycles. The normalized spacial score (nSPS) is 25.6. The average Bonchev–Trinajstić information content (AvgIpc) is 2.88. The molecule has 1 unspecified atom stereocenters. The minimum Gasteiger partial charge on any atom is -0.355 e. The Labute approximate surface area is 129 Å². The van der Waals surface area contributed by atoms with Gasteiger partial charge < -0.3 is 5.32 Å². The number of aromatic nitrogens is 2. The number of nitrogens with one attached hydrogen (secondary N) is 1. The van der Waals surface area contributed by atoms with E-state index in [1.54, 1.807) is 10.7 Å². The number of hydrogen-bond acceptors (Lipinski definition) is 4. The van der Waals surface area contributed by atoms with Crippen LogP contribution in [0.3, 0.4) is 0 Å². The van der Waals surface area contributed by atoms with E-state index in [9.17, 15) is 9.59 Å². The van der Waals surface area contributed by atoms with Crippen LogP contribution in [0.25, 0.3) is 0 Å². The van der Waals surface area contributed by atoms with E-state index < -0.39 is 0 Å². The monoisotopic (exact) mass is 302 g/mol. The number of aryl methyl sites for hydroxylation is 2. The molecule has 6 heteroatoms. The molecule has 2 fully saturated rings. The predicted molar refractivity (Wildman–Crippen MR) is 81.6 cm³/mol. The minimum atomic E-state index is 0.0257. The lowest BCUT2D eigenvalue weighted by Gasteiger charge is -2.42. The average molecular weight is 302 g/mol. The Morgan fingerprint density at radius 1 is 1.23 bits per heavy atom. The van der Waals surface area contributed by atoms with Crippen molar-refractivity contribution in [1.82, 2.24) is 20.0 Å². The maximum atomic E-state index is 12.2. The zero-order chi connectivity index (χ0) is 15.1. The van der Waals surface area contributed by atoms with Gasteiger partial charge in [-0.05, 0) is 37.7 Å². The van der Waals surface area contributed by atoms with Crippen molar-refractivity contribution in [2.75, 3.05) is 19.6 Å². The number of likely N-dealkylation sites (tertiary alicyclic amines) is 1. The van der Waals surface area contributed by atoms with Crippen LogP contribution in [-0.4, -0.2) is 46.3 Å². The first-order chi connectivity index (χ1) is 10.7. The van der Waals surface area contributed by atoms with Crippen LogP contribution in [0.2, 0.25) is 0 Å². The summed E-state index contributed by atoms with van der Waals surface area (Å²) in [5, 5.41) is 7.46. The van der Waals surface area contributed by atoms with E-state index in [-0.39, 0.29) is 17.5 Å². The molecule has 0 aromatic carbocycles. The lowest BCUT2D eigenvalue weighted by Crippen LogP contribution is -2.56. The van der Waals surface area contributed by atoms with E-state index in [4.69, 9.17) is 0 Å². The van der Waals surface area contributed by atoms with Gasteiger partial charge in [0.05, 0.1) is 18.3 Å². The van der Waals surface area contributed by atoms with Crippen LogP contribution in [0.5, 0.6) is 0 Å². The first kappa shape index (κ1) is 13.9. The van der Waals surface area contributed by atoms with Crippen molar-refractivity contribution < 1.29 is 4.79 Å². The Morgan fingerprint density at radius 2 is 2.05 bits per heavy atom. The van der Waals surface area contributed by atoms with Crippen molar-refractivity contribution in [3.8, 4) is 0 Å². The van der Waals surface area contributed by atoms with Gasteiger partial charge in [-0.15, -0.1) is 0 Å². The van der Waals surface area contributed by atoms with E-state index in [1.165, 1.54) is 12.8 Å². The van der Waals surface area contributed by atoms with Gasteiger partial charge in [-0.25, -0.2) is 4.68 Å². The second-order valence-electron chi connectivity index (χ2n) is 6.76. The third-order valence-corrected chi connectivity index (χ3v) is 5.15.